The number of esters is 1. The van der Waals surface area contributed by atoms with Gasteiger partial charge in [-0.2, -0.15) is 0 Å². The number of benzene rings is 1. The second kappa shape index (κ2) is 9.24. The van der Waals surface area contributed by atoms with Crippen LogP contribution in [0.3, 0.4) is 0 Å². The van der Waals surface area contributed by atoms with Gasteiger partial charge in [0.1, 0.15) is 10.8 Å². The van der Waals surface area contributed by atoms with Crippen molar-refractivity contribution in [1.82, 2.24) is 0 Å². The number of ether oxygens (including phenoxy) is 2. The number of fused-ring (bicyclic) bond motifs is 1. The number of thiophene rings is 1. The van der Waals surface area contributed by atoms with Crippen LogP contribution in [0.15, 0.2) is 24.3 Å². The summed E-state index contributed by atoms with van der Waals surface area (Å²) in [6.45, 7) is 4.17. The number of carbonyl (C=O) groups is 2. The Morgan fingerprint density at radius 1 is 1.21 bits per heavy atom. The van der Waals surface area contributed by atoms with Crippen molar-refractivity contribution < 1.29 is 19.1 Å². The van der Waals surface area contributed by atoms with E-state index in [1.54, 1.807) is 0 Å². The van der Waals surface area contributed by atoms with Crippen LogP contribution < -0.4 is 10.1 Å². The minimum absolute atomic E-state index is 0.101. The normalized spacial score (nSPS) is 14.1. The first-order valence-corrected chi connectivity index (χ1v) is 10.6. The van der Waals surface area contributed by atoms with E-state index in [-0.39, 0.29) is 12.5 Å². The molecule has 6 heteroatoms. The van der Waals surface area contributed by atoms with Crippen molar-refractivity contribution in [2.45, 2.75) is 51.9 Å². The second-order valence-corrected chi connectivity index (χ2v) is 8.20. The third-order valence-electron chi connectivity index (χ3n) is 5.23. The molecule has 1 heterocycles. The summed E-state index contributed by atoms with van der Waals surface area (Å²) in [5.74, 6) is 0.417. The summed E-state index contributed by atoms with van der Waals surface area (Å²) in [4.78, 5) is 26.0. The minimum atomic E-state index is -0.391. The Labute approximate surface area is 170 Å². The molecule has 5 nitrogen and oxygen atoms in total. The summed E-state index contributed by atoms with van der Waals surface area (Å²) in [6, 6.07) is 7.80. The molecule has 1 N–H and O–H groups in total. The van der Waals surface area contributed by atoms with Crippen LogP contribution in [0.5, 0.6) is 5.75 Å². The van der Waals surface area contributed by atoms with Gasteiger partial charge < -0.3 is 14.8 Å². The maximum atomic E-state index is 12.5. The van der Waals surface area contributed by atoms with E-state index >= 15 is 0 Å². The molecule has 1 amide bonds. The van der Waals surface area contributed by atoms with E-state index in [1.165, 1.54) is 23.3 Å². The van der Waals surface area contributed by atoms with Crippen LogP contribution in [0.2, 0.25) is 0 Å². The van der Waals surface area contributed by atoms with Gasteiger partial charge in [-0.3, -0.25) is 4.79 Å². The smallest absolute Gasteiger partial charge is 0.341 e. The Balaban J connectivity index is 1.73. The van der Waals surface area contributed by atoms with Crippen molar-refractivity contribution in [3.05, 3.63) is 45.8 Å². The van der Waals surface area contributed by atoms with Gasteiger partial charge in [0.2, 0.25) is 0 Å². The first kappa shape index (κ1) is 20.4. The van der Waals surface area contributed by atoms with E-state index in [9.17, 15) is 9.59 Å². The Morgan fingerprint density at radius 2 is 1.96 bits per heavy atom. The number of hydrogen-bond acceptors (Lipinski definition) is 5. The highest BCUT2D eigenvalue weighted by Gasteiger charge is 2.27. The van der Waals surface area contributed by atoms with Gasteiger partial charge in [0, 0.05) is 4.88 Å². The maximum Gasteiger partial charge on any atom is 0.341 e. The molecule has 0 saturated carbocycles. The molecule has 150 valence electrons. The number of rotatable bonds is 7. The lowest BCUT2D eigenvalue weighted by Crippen LogP contribution is -2.21. The minimum Gasteiger partial charge on any atom is -0.483 e. The molecule has 3 rings (SSSR count). The summed E-state index contributed by atoms with van der Waals surface area (Å²) >= 11 is 1.48. The Morgan fingerprint density at radius 3 is 2.71 bits per heavy atom. The molecule has 28 heavy (non-hydrogen) atoms. The van der Waals surface area contributed by atoms with Crippen LogP contribution in [0, 0.1) is 0 Å². The van der Waals surface area contributed by atoms with Crippen LogP contribution in [-0.4, -0.2) is 25.6 Å². The lowest BCUT2D eigenvalue weighted by atomic mass is 9.95. The molecular weight excluding hydrogens is 374 g/mol. The average Bonchev–Trinajstić information content (AvgIpc) is 3.09. The summed E-state index contributed by atoms with van der Waals surface area (Å²) < 4.78 is 10.8. The van der Waals surface area contributed by atoms with Gasteiger partial charge in [-0.25, -0.2) is 4.79 Å². The van der Waals surface area contributed by atoms with Crippen LogP contribution in [0.1, 0.15) is 65.4 Å². The quantitative estimate of drug-likeness (QED) is 0.667. The van der Waals surface area contributed by atoms with Crippen LogP contribution in [0.4, 0.5) is 5.00 Å². The lowest BCUT2D eigenvalue weighted by Gasteiger charge is -2.15. The molecular formula is C22H27NO4S. The van der Waals surface area contributed by atoms with Gasteiger partial charge in [0.15, 0.2) is 6.61 Å². The highest BCUT2D eigenvalue weighted by Crippen LogP contribution is 2.38. The predicted octanol–water partition coefficient (Wildman–Crippen LogP) is 4.94. The van der Waals surface area contributed by atoms with Crippen molar-refractivity contribution in [3.8, 4) is 5.75 Å². The number of carbonyl (C=O) groups excluding carboxylic acids is 2. The molecule has 0 spiro atoms. The number of methoxy groups -OCH3 is 1. The monoisotopic (exact) mass is 401 g/mol. The van der Waals surface area contributed by atoms with Gasteiger partial charge in [0.05, 0.1) is 12.7 Å². The molecule has 2 aromatic rings. The Hall–Kier alpha value is -2.34. The summed E-state index contributed by atoms with van der Waals surface area (Å²) in [5.41, 5.74) is 2.64. The summed E-state index contributed by atoms with van der Waals surface area (Å²) in [5, 5.41) is 3.44. The first-order chi connectivity index (χ1) is 13.5. The molecule has 0 fully saturated rings. The van der Waals surface area contributed by atoms with Gasteiger partial charge >= 0.3 is 5.97 Å². The van der Waals surface area contributed by atoms with E-state index in [0.29, 0.717) is 16.5 Å². The predicted molar refractivity (Wildman–Crippen MR) is 112 cm³/mol. The Bertz CT molecular complexity index is 858. The fourth-order valence-corrected chi connectivity index (χ4v) is 4.81. The fourth-order valence-electron chi connectivity index (χ4n) is 3.52. The zero-order chi connectivity index (χ0) is 20.1. The number of nitrogens with one attached hydrogen (secondary N) is 1. The molecule has 1 atom stereocenters. The van der Waals surface area contributed by atoms with Crippen LogP contribution >= 0.6 is 11.3 Å². The van der Waals surface area contributed by atoms with Crippen molar-refractivity contribution >= 4 is 28.2 Å². The zero-order valence-electron chi connectivity index (χ0n) is 16.7. The van der Waals surface area contributed by atoms with E-state index in [2.05, 4.69) is 19.2 Å². The largest absolute Gasteiger partial charge is 0.483 e. The lowest BCUT2D eigenvalue weighted by molar-refractivity contribution is -0.118. The molecule has 1 aliphatic carbocycles. The van der Waals surface area contributed by atoms with Crippen LogP contribution in [-0.2, 0) is 22.4 Å². The molecule has 0 unspecified atom stereocenters. The number of para-hydroxylation sites is 1. The number of aryl methyl sites for hydroxylation is 1. The van der Waals surface area contributed by atoms with E-state index in [4.69, 9.17) is 9.47 Å². The van der Waals surface area contributed by atoms with Gasteiger partial charge in [-0.15, -0.1) is 11.3 Å². The topological polar surface area (TPSA) is 64.6 Å². The third kappa shape index (κ3) is 4.38. The molecule has 0 bridgehead atoms. The molecule has 0 radical (unpaired) electrons. The van der Waals surface area contributed by atoms with E-state index < -0.39 is 5.97 Å². The van der Waals surface area contributed by atoms with E-state index in [0.717, 1.165) is 49.0 Å². The maximum absolute atomic E-state index is 12.5. The Kier molecular flexibility index (Phi) is 6.73. The standard InChI is InChI=1S/C22H27NO4S/c1-4-14(2)15-9-5-7-11-17(15)27-13-19(24)23-21-20(22(25)26-3)16-10-6-8-12-18(16)28-21/h5,7,9,11,14H,4,6,8,10,12-13H2,1-3H3,(H,23,24)/t14-/m0/s1. The molecule has 0 saturated heterocycles. The number of hydrogen-bond donors (Lipinski definition) is 1. The van der Waals surface area contributed by atoms with Gasteiger partial charge in [-0.1, -0.05) is 32.0 Å². The number of anilines is 1. The second-order valence-electron chi connectivity index (χ2n) is 7.09. The molecule has 1 aromatic carbocycles. The summed E-state index contributed by atoms with van der Waals surface area (Å²) in [7, 11) is 1.37. The van der Waals surface area contributed by atoms with Gasteiger partial charge in [-0.05, 0) is 55.2 Å². The summed E-state index contributed by atoms with van der Waals surface area (Å²) in [6.07, 6.45) is 4.95. The number of amides is 1. The van der Waals surface area contributed by atoms with Crippen molar-refractivity contribution in [2.24, 2.45) is 0 Å². The SMILES string of the molecule is CC[C@H](C)c1ccccc1OCC(=O)Nc1sc2c(c1C(=O)OC)CCCC2. The van der Waals surface area contributed by atoms with Crippen LogP contribution in [0.25, 0.3) is 0 Å². The molecule has 1 aliphatic rings. The highest BCUT2D eigenvalue weighted by atomic mass is 32.1. The molecule has 0 aliphatic heterocycles. The van der Waals surface area contributed by atoms with Gasteiger partial charge in [0.25, 0.3) is 5.91 Å². The van der Waals surface area contributed by atoms with Crippen molar-refractivity contribution in [3.63, 3.8) is 0 Å². The molecule has 1 aromatic heterocycles. The zero-order valence-corrected chi connectivity index (χ0v) is 17.5. The van der Waals surface area contributed by atoms with Crippen molar-refractivity contribution in [2.75, 3.05) is 19.0 Å². The fraction of sp³-hybridized carbons (Fsp3) is 0.455. The highest BCUT2D eigenvalue weighted by molar-refractivity contribution is 7.17. The average molecular weight is 402 g/mol. The van der Waals surface area contributed by atoms with Crippen molar-refractivity contribution in [1.29, 1.82) is 0 Å². The first-order valence-electron chi connectivity index (χ1n) is 9.79. The van der Waals surface area contributed by atoms with E-state index in [1.807, 2.05) is 24.3 Å². The third-order valence-corrected chi connectivity index (χ3v) is 6.44.